The molecule has 1 aromatic rings. The molecule has 100 valence electrons. The fourth-order valence-electron chi connectivity index (χ4n) is 1.80. The Morgan fingerprint density at radius 2 is 2.00 bits per heavy atom. The van der Waals surface area contributed by atoms with E-state index in [0.717, 1.165) is 18.5 Å². The standard InChI is InChI=1S/C14H22N2O2/c1-14(11-17,12-7-4-3-5-8-12)16-13(18)9-6-10-15-2/h3-5,7-8,15,17H,6,9-11H2,1-2H3,(H,16,18). The number of aliphatic hydroxyl groups is 1. The molecule has 0 radical (unpaired) electrons. The zero-order valence-electron chi connectivity index (χ0n) is 11.1. The molecule has 0 fully saturated rings. The number of benzene rings is 1. The van der Waals surface area contributed by atoms with Gasteiger partial charge in [-0.1, -0.05) is 30.3 Å². The number of amides is 1. The van der Waals surface area contributed by atoms with Gasteiger partial charge in [-0.25, -0.2) is 0 Å². The average Bonchev–Trinajstić information content (AvgIpc) is 2.40. The van der Waals surface area contributed by atoms with Gasteiger partial charge in [-0.15, -0.1) is 0 Å². The van der Waals surface area contributed by atoms with E-state index >= 15 is 0 Å². The van der Waals surface area contributed by atoms with E-state index < -0.39 is 5.54 Å². The molecule has 0 saturated carbocycles. The first-order valence-corrected chi connectivity index (χ1v) is 6.24. The van der Waals surface area contributed by atoms with Crippen LogP contribution in [-0.2, 0) is 10.3 Å². The molecule has 0 aliphatic carbocycles. The summed E-state index contributed by atoms with van der Waals surface area (Å²) in [6.45, 7) is 2.53. The molecule has 4 nitrogen and oxygen atoms in total. The van der Waals surface area contributed by atoms with Gasteiger partial charge in [0, 0.05) is 6.42 Å². The molecule has 3 N–H and O–H groups in total. The zero-order chi connectivity index (χ0) is 13.4. The fourth-order valence-corrected chi connectivity index (χ4v) is 1.80. The number of carbonyl (C=O) groups excluding carboxylic acids is 1. The smallest absolute Gasteiger partial charge is 0.220 e. The maximum absolute atomic E-state index is 11.8. The lowest BCUT2D eigenvalue weighted by molar-refractivity contribution is -0.123. The van der Waals surface area contributed by atoms with Gasteiger partial charge in [0.2, 0.25) is 5.91 Å². The Balaban J connectivity index is 2.63. The number of carbonyl (C=O) groups is 1. The van der Waals surface area contributed by atoms with Crippen LogP contribution in [0, 0.1) is 0 Å². The first-order chi connectivity index (χ1) is 8.62. The van der Waals surface area contributed by atoms with Gasteiger partial charge in [0.05, 0.1) is 12.1 Å². The summed E-state index contributed by atoms with van der Waals surface area (Å²) in [6.07, 6.45) is 1.25. The van der Waals surface area contributed by atoms with Crippen molar-refractivity contribution in [1.29, 1.82) is 0 Å². The normalized spacial score (nSPS) is 13.9. The van der Waals surface area contributed by atoms with Crippen LogP contribution in [0.1, 0.15) is 25.3 Å². The first kappa shape index (κ1) is 14.7. The Morgan fingerprint density at radius 3 is 2.56 bits per heavy atom. The third-order valence-corrected chi connectivity index (χ3v) is 2.97. The Kier molecular flexibility index (Phi) is 5.82. The van der Waals surface area contributed by atoms with Crippen molar-refractivity contribution < 1.29 is 9.90 Å². The van der Waals surface area contributed by atoms with Crippen molar-refractivity contribution in [2.24, 2.45) is 0 Å². The maximum Gasteiger partial charge on any atom is 0.220 e. The molecule has 1 atom stereocenters. The van der Waals surface area contributed by atoms with Crippen molar-refractivity contribution in [3.05, 3.63) is 35.9 Å². The lowest BCUT2D eigenvalue weighted by Gasteiger charge is -2.29. The van der Waals surface area contributed by atoms with E-state index in [1.54, 1.807) is 0 Å². The molecule has 0 heterocycles. The first-order valence-electron chi connectivity index (χ1n) is 6.24. The number of rotatable bonds is 7. The molecular formula is C14H22N2O2. The summed E-state index contributed by atoms with van der Waals surface area (Å²) in [4.78, 5) is 11.8. The van der Waals surface area contributed by atoms with E-state index in [1.807, 2.05) is 44.3 Å². The molecule has 1 unspecified atom stereocenters. The topological polar surface area (TPSA) is 61.4 Å². The molecule has 18 heavy (non-hydrogen) atoms. The minimum absolute atomic E-state index is 0.0364. The highest BCUT2D eigenvalue weighted by Crippen LogP contribution is 2.19. The second kappa shape index (κ2) is 7.13. The van der Waals surface area contributed by atoms with Crippen molar-refractivity contribution in [2.75, 3.05) is 20.2 Å². The van der Waals surface area contributed by atoms with Crippen LogP contribution in [0.5, 0.6) is 0 Å². The van der Waals surface area contributed by atoms with Crippen LogP contribution in [-0.4, -0.2) is 31.2 Å². The Hall–Kier alpha value is -1.39. The third-order valence-electron chi connectivity index (χ3n) is 2.97. The van der Waals surface area contributed by atoms with Crippen molar-refractivity contribution >= 4 is 5.91 Å². The van der Waals surface area contributed by atoms with E-state index in [4.69, 9.17) is 0 Å². The molecule has 4 heteroatoms. The van der Waals surface area contributed by atoms with E-state index in [9.17, 15) is 9.90 Å². The van der Waals surface area contributed by atoms with Gasteiger partial charge in [-0.05, 0) is 32.5 Å². The Bertz CT molecular complexity index is 367. The van der Waals surface area contributed by atoms with Gasteiger partial charge >= 0.3 is 0 Å². The number of hydrogen-bond acceptors (Lipinski definition) is 3. The molecule has 0 aliphatic rings. The summed E-state index contributed by atoms with van der Waals surface area (Å²) < 4.78 is 0. The van der Waals surface area contributed by atoms with Crippen LogP contribution in [0.3, 0.4) is 0 Å². The quantitative estimate of drug-likeness (QED) is 0.633. The average molecular weight is 250 g/mol. The third kappa shape index (κ3) is 4.13. The van der Waals surface area contributed by atoms with Crippen LogP contribution in [0.4, 0.5) is 0 Å². The van der Waals surface area contributed by atoms with Crippen molar-refractivity contribution in [2.45, 2.75) is 25.3 Å². The van der Waals surface area contributed by atoms with Crippen LogP contribution in [0.2, 0.25) is 0 Å². The number of aliphatic hydroxyl groups excluding tert-OH is 1. The highest BCUT2D eigenvalue weighted by Gasteiger charge is 2.27. The monoisotopic (exact) mass is 250 g/mol. The van der Waals surface area contributed by atoms with Gasteiger partial charge in [-0.3, -0.25) is 4.79 Å². The highest BCUT2D eigenvalue weighted by atomic mass is 16.3. The summed E-state index contributed by atoms with van der Waals surface area (Å²) in [7, 11) is 1.86. The SMILES string of the molecule is CNCCCC(=O)NC(C)(CO)c1ccccc1. The summed E-state index contributed by atoms with van der Waals surface area (Å²) in [5, 5.41) is 15.4. The van der Waals surface area contributed by atoms with E-state index in [0.29, 0.717) is 6.42 Å². The van der Waals surface area contributed by atoms with Gasteiger partial charge in [0.1, 0.15) is 0 Å². The molecule has 0 bridgehead atoms. The number of nitrogens with one attached hydrogen (secondary N) is 2. The fraction of sp³-hybridized carbons (Fsp3) is 0.500. The molecular weight excluding hydrogens is 228 g/mol. The summed E-state index contributed by atoms with van der Waals surface area (Å²) in [6, 6.07) is 9.52. The van der Waals surface area contributed by atoms with Gasteiger partial charge in [-0.2, -0.15) is 0 Å². The molecule has 0 spiro atoms. The van der Waals surface area contributed by atoms with Crippen LogP contribution < -0.4 is 10.6 Å². The maximum atomic E-state index is 11.8. The van der Waals surface area contributed by atoms with Crippen molar-refractivity contribution in [3.8, 4) is 0 Å². The van der Waals surface area contributed by atoms with Gasteiger partial charge in [0.25, 0.3) is 0 Å². The largest absolute Gasteiger partial charge is 0.394 e. The second-order valence-corrected chi connectivity index (χ2v) is 4.61. The Morgan fingerprint density at radius 1 is 1.33 bits per heavy atom. The minimum Gasteiger partial charge on any atom is -0.394 e. The molecule has 1 amide bonds. The molecule has 0 aliphatic heterocycles. The highest BCUT2D eigenvalue weighted by molar-refractivity contribution is 5.77. The molecule has 1 aromatic carbocycles. The van der Waals surface area contributed by atoms with Crippen molar-refractivity contribution in [3.63, 3.8) is 0 Å². The van der Waals surface area contributed by atoms with Crippen LogP contribution in [0.25, 0.3) is 0 Å². The zero-order valence-corrected chi connectivity index (χ0v) is 11.1. The lowest BCUT2D eigenvalue weighted by atomic mass is 9.92. The summed E-state index contributed by atoms with van der Waals surface area (Å²) >= 11 is 0. The van der Waals surface area contributed by atoms with Gasteiger partial charge < -0.3 is 15.7 Å². The summed E-state index contributed by atoms with van der Waals surface area (Å²) in [5.41, 5.74) is 0.201. The second-order valence-electron chi connectivity index (χ2n) is 4.61. The Labute approximate surface area is 108 Å². The molecule has 0 aromatic heterocycles. The van der Waals surface area contributed by atoms with E-state index in [-0.39, 0.29) is 12.5 Å². The van der Waals surface area contributed by atoms with E-state index in [1.165, 1.54) is 0 Å². The van der Waals surface area contributed by atoms with Crippen molar-refractivity contribution in [1.82, 2.24) is 10.6 Å². The molecule has 0 saturated heterocycles. The van der Waals surface area contributed by atoms with Gasteiger partial charge in [0.15, 0.2) is 0 Å². The predicted octanol–water partition coefficient (Wildman–Crippen LogP) is 1.01. The van der Waals surface area contributed by atoms with Crippen LogP contribution >= 0.6 is 0 Å². The van der Waals surface area contributed by atoms with E-state index in [2.05, 4.69) is 10.6 Å². The summed E-state index contributed by atoms with van der Waals surface area (Å²) in [5.74, 6) is -0.0364. The minimum atomic E-state index is -0.710. The number of hydrogen-bond donors (Lipinski definition) is 3. The molecule has 1 rings (SSSR count). The predicted molar refractivity (Wildman–Crippen MR) is 72.2 cm³/mol. The lowest BCUT2D eigenvalue weighted by Crippen LogP contribution is -2.46. The van der Waals surface area contributed by atoms with Crippen LogP contribution in [0.15, 0.2) is 30.3 Å².